The number of nitrogens with one attached hydrogen (secondary N) is 1. The van der Waals surface area contributed by atoms with Gasteiger partial charge in [0.25, 0.3) is 0 Å². The van der Waals surface area contributed by atoms with Gasteiger partial charge in [-0.2, -0.15) is 5.10 Å². The molecule has 0 saturated carbocycles. The number of aromatic nitrogens is 2. The number of benzene rings is 2. The molecule has 1 heterocycles. The first-order valence-corrected chi connectivity index (χ1v) is 8.16. The monoisotopic (exact) mass is 336 g/mol. The van der Waals surface area contributed by atoms with E-state index in [1.807, 2.05) is 13.0 Å². The molecule has 1 unspecified atom stereocenters. The minimum absolute atomic E-state index is 0.130. The van der Waals surface area contributed by atoms with Gasteiger partial charge in [-0.25, -0.2) is 4.39 Å². The number of carbonyl (C=O) groups is 1. The first kappa shape index (κ1) is 15.6. The van der Waals surface area contributed by atoms with Crippen LogP contribution >= 0.6 is 0 Å². The molecule has 0 amide bonds. The van der Waals surface area contributed by atoms with Crippen molar-refractivity contribution in [3.05, 3.63) is 70.7 Å². The molecule has 3 aromatic rings. The predicted octanol–water partition coefficient (Wildman–Crippen LogP) is 3.88. The van der Waals surface area contributed by atoms with E-state index in [0.29, 0.717) is 12.8 Å². The Morgan fingerprint density at radius 1 is 1.20 bits per heavy atom. The van der Waals surface area contributed by atoms with Crippen LogP contribution in [0.2, 0.25) is 0 Å². The maximum atomic E-state index is 13.2. The summed E-state index contributed by atoms with van der Waals surface area (Å²) in [6, 6.07) is 9.83. The fourth-order valence-electron chi connectivity index (χ4n) is 3.55. The van der Waals surface area contributed by atoms with Gasteiger partial charge in [-0.05, 0) is 53.9 Å². The van der Waals surface area contributed by atoms with E-state index in [0.717, 1.165) is 33.5 Å². The molecular weight excluding hydrogens is 319 g/mol. The number of carbonyl (C=O) groups excluding carboxylic acids is 1. The van der Waals surface area contributed by atoms with Crippen molar-refractivity contribution in [3.8, 4) is 17.0 Å². The Morgan fingerprint density at radius 3 is 2.72 bits per heavy atom. The highest BCUT2D eigenvalue weighted by Gasteiger charge is 2.30. The van der Waals surface area contributed by atoms with Crippen molar-refractivity contribution in [1.29, 1.82) is 0 Å². The van der Waals surface area contributed by atoms with Crippen LogP contribution in [0, 0.1) is 12.7 Å². The van der Waals surface area contributed by atoms with Crippen molar-refractivity contribution in [2.24, 2.45) is 0 Å². The van der Waals surface area contributed by atoms with E-state index in [4.69, 9.17) is 0 Å². The van der Waals surface area contributed by atoms with Crippen LogP contribution in [-0.2, 0) is 11.2 Å². The van der Waals surface area contributed by atoms with Crippen LogP contribution in [0.25, 0.3) is 11.3 Å². The first-order valence-electron chi connectivity index (χ1n) is 8.16. The number of fused-ring (bicyclic) bond motifs is 1. The molecule has 25 heavy (non-hydrogen) atoms. The molecule has 0 fully saturated rings. The second-order valence-corrected chi connectivity index (χ2v) is 6.52. The number of H-pyrrole nitrogens is 1. The Bertz CT molecular complexity index is 960. The van der Waals surface area contributed by atoms with Gasteiger partial charge < -0.3 is 5.11 Å². The Kier molecular flexibility index (Phi) is 3.64. The number of aryl methyl sites for hydroxylation is 1. The Morgan fingerprint density at radius 2 is 1.96 bits per heavy atom. The molecule has 4 nitrogen and oxygen atoms in total. The summed E-state index contributed by atoms with van der Waals surface area (Å²) >= 11 is 0. The number of aromatic hydroxyl groups is 1. The number of hydrogen-bond acceptors (Lipinski definition) is 3. The molecule has 0 spiro atoms. The summed E-state index contributed by atoms with van der Waals surface area (Å²) in [7, 11) is 0. The minimum Gasteiger partial charge on any atom is -0.508 e. The van der Waals surface area contributed by atoms with Crippen LogP contribution in [0.15, 0.2) is 42.6 Å². The Hall–Kier alpha value is -2.95. The van der Waals surface area contributed by atoms with E-state index in [-0.39, 0.29) is 23.3 Å². The molecule has 126 valence electrons. The molecule has 0 bridgehead atoms. The lowest BCUT2D eigenvalue weighted by Gasteiger charge is -2.26. The number of hydrogen-bond donors (Lipinski definition) is 2. The lowest BCUT2D eigenvalue weighted by atomic mass is 9.77. The lowest BCUT2D eigenvalue weighted by molar-refractivity contribution is -0.119. The number of phenolic OH excluding ortho intramolecular Hbond substituents is 1. The van der Waals surface area contributed by atoms with E-state index < -0.39 is 0 Å². The normalized spacial score (nSPS) is 16.7. The number of halogens is 1. The average molecular weight is 336 g/mol. The number of rotatable bonds is 2. The Balaban J connectivity index is 1.84. The van der Waals surface area contributed by atoms with Gasteiger partial charge in [0.2, 0.25) is 0 Å². The molecule has 0 saturated heterocycles. The second-order valence-electron chi connectivity index (χ2n) is 6.52. The third-order valence-corrected chi connectivity index (χ3v) is 4.83. The smallest absolute Gasteiger partial charge is 0.138 e. The molecule has 1 aromatic heterocycles. The van der Waals surface area contributed by atoms with Crippen molar-refractivity contribution in [2.75, 3.05) is 0 Å². The summed E-state index contributed by atoms with van der Waals surface area (Å²) in [4.78, 5) is 12.3. The molecule has 5 heteroatoms. The van der Waals surface area contributed by atoms with Gasteiger partial charge in [-0.1, -0.05) is 6.07 Å². The van der Waals surface area contributed by atoms with E-state index >= 15 is 0 Å². The van der Waals surface area contributed by atoms with Gasteiger partial charge in [-0.15, -0.1) is 0 Å². The van der Waals surface area contributed by atoms with Crippen LogP contribution < -0.4 is 0 Å². The zero-order chi connectivity index (χ0) is 17.6. The summed E-state index contributed by atoms with van der Waals surface area (Å²) in [5.41, 5.74) is 5.20. The van der Waals surface area contributed by atoms with Gasteiger partial charge >= 0.3 is 0 Å². The average Bonchev–Trinajstić information content (AvgIpc) is 3.06. The SMILES string of the molecule is Cc1cc2c(cc1O)CC(=O)CC2c1cn[nH]c1-c1ccc(F)cc1. The number of Topliss-reactive ketones (excluding diaryl/α,β-unsaturated/α-hetero) is 1. The standard InChI is InChI=1S/C20H17FN2O2/c1-11-6-16-13(8-19(11)25)7-15(24)9-17(16)18-10-22-23-20(18)12-2-4-14(21)5-3-12/h2-6,8,10,17,25H,7,9H2,1H3,(H,22,23). The zero-order valence-electron chi connectivity index (χ0n) is 13.7. The molecule has 1 atom stereocenters. The quantitative estimate of drug-likeness (QED) is 0.746. The lowest BCUT2D eigenvalue weighted by Crippen LogP contribution is -2.19. The maximum absolute atomic E-state index is 13.2. The highest BCUT2D eigenvalue weighted by molar-refractivity contribution is 5.86. The number of phenols is 1. The Labute approximate surface area is 144 Å². The summed E-state index contributed by atoms with van der Waals surface area (Å²) in [5.74, 6) is -0.0892. The van der Waals surface area contributed by atoms with Crippen molar-refractivity contribution in [2.45, 2.75) is 25.7 Å². The van der Waals surface area contributed by atoms with Crippen LogP contribution in [0.3, 0.4) is 0 Å². The summed E-state index contributed by atoms with van der Waals surface area (Å²) < 4.78 is 13.2. The molecule has 0 radical (unpaired) electrons. The maximum Gasteiger partial charge on any atom is 0.138 e. The van der Waals surface area contributed by atoms with Crippen LogP contribution in [0.4, 0.5) is 4.39 Å². The molecule has 2 aromatic carbocycles. The fourth-order valence-corrected chi connectivity index (χ4v) is 3.55. The number of aromatic amines is 1. The van der Waals surface area contributed by atoms with Crippen molar-refractivity contribution >= 4 is 5.78 Å². The van der Waals surface area contributed by atoms with Crippen LogP contribution in [-0.4, -0.2) is 21.1 Å². The highest BCUT2D eigenvalue weighted by atomic mass is 19.1. The third-order valence-electron chi connectivity index (χ3n) is 4.83. The van der Waals surface area contributed by atoms with E-state index in [1.165, 1.54) is 12.1 Å². The molecule has 0 aliphatic heterocycles. The summed E-state index contributed by atoms with van der Waals surface area (Å²) in [6.45, 7) is 1.85. The van der Waals surface area contributed by atoms with Gasteiger partial charge in [0.1, 0.15) is 17.3 Å². The minimum atomic E-state index is -0.297. The highest BCUT2D eigenvalue weighted by Crippen LogP contribution is 2.40. The van der Waals surface area contributed by atoms with Gasteiger partial charge in [0, 0.05) is 29.9 Å². The topological polar surface area (TPSA) is 66.0 Å². The van der Waals surface area contributed by atoms with E-state index in [2.05, 4.69) is 10.2 Å². The zero-order valence-corrected chi connectivity index (χ0v) is 13.7. The van der Waals surface area contributed by atoms with Crippen molar-refractivity contribution < 1.29 is 14.3 Å². The predicted molar refractivity (Wildman–Crippen MR) is 92.0 cm³/mol. The molecule has 1 aliphatic rings. The summed E-state index contributed by atoms with van der Waals surface area (Å²) in [6.07, 6.45) is 2.46. The third kappa shape index (κ3) is 2.71. The van der Waals surface area contributed by atoms with Gasteiger partial charge in [0.05, 0.1) is 11.9 Å². The number of nitrogens with zero attached hydrogens (tertiary/aromatic N) is 1. The molecule has 2 N–H and O–H groups in total. The van der Waals surface area contributed by atoms with E-state index in [9.17, 15) is 14.3 Å². The molecule has 4 rings (SSSR count). The van der Waals surface area contributed by atoms with Crippen LogP contribution in [0.1, 0.15) is 34.6 Å². The molecular formula is C20H17FN2O2. The molecule has 1 aliphatic carbocycles. The van der Waals surface area contributed by atoms with Crippen molar-refractivity contribution in [1.82, 2.24) is 10.2 Å². The second kappa shape index (κ2) is 5.84. The summed E-state index contributed by atoms with van der Waals surface area (Å²) in [5, 5.41) is 17.1. The van der Waals surface area contributed by atoms with Gasteiger partial charge in [0.15, 0.2) is 0 Å². The van der Waals surface area contributed by atoms with E-state index in [1.54, 1.807) is 24.4 Å². The van der Waals surface area contributed by atoms with Crippen molar-refractivity contribution in [3.63, 3.8) is 0 Å². The van der Waals surface area contributed by atoms with Crippen LogP contribution in [0.5, 0.6) is 5.75 Å². The largest absolute Gasteiger partial charge is 0.508 e. The number of ketones is 1. The fraction of sp³-hybridized carbons (Fsp3) is 0.200. The first-order chi connectivity index (χ1) is 12.0. The van der Waals surface area contributed by atoms with Gasteiger partial charge in [-0.3, -0.25) is 9.89 Å².